The summed E-state index contributed by atoms with van der Waals surface area (Å²) in [6.45, 7) is 9.06. The van der Waals surface area contributed by atoms with E-state index in [9.17, 15) is 4.79 Å². The second-order valence-electron chi connectivity index (χ2n) is 7.30. The molecule has 0 aliphatic carbocycles. The van der Waals surface area contributed by atoms with Gasteiger partial charge >= 0.3 is 6.03 Å². The van der Waals surface area contributed by atoms with Gasteiger partial charge in [-0.15, -0.1) is 0 Å². The third-order valence-corrected chi connectivity index (χ3v) is 4.78. The number of ether oxygens (including phenoxy) is 2. The van der Waals surface area contributed by atoms with Gasteiger partial charge in [-0.1, -0.05) is 26.8 Å². The molecule has 2 heterocycles. The van der Waals surface area contributed by atoms with E-state index in [4.69, 9.17) is 9.47 Å². The smallest absolute Gasteiger partial charge is 0.317 e. The summed E-state index contributed by atoms with van der Waals surface area (Å²) in [5.41, 5.74) is 0.965. The van der Waals surface area contributed by atoms with Crippen LogP contribution in [0, 0.1) is 5.92 Å². The molecule has 5 nitrogen and oxygen atoms in total. The van der Waals surface area contributed by atoms with Crippen LogP contribution in [0.15, 0.2) is 18.2 Å². The molecule has 23 heavy (non-hydrogen) atoms. The molecule has 0 aromatic heterocycles. The summed E-state index contributed by atoms with van der Waals surface area (Å²) in [6, 6.07) is 6.04. The highest BCUT2D eigenvalue weighted by molar-refractivity contribution is 5.74. The summed E-state index contributed by atoms with van der Waals surface area (Å²) in [5.74, 6) is 2.17. The van der Waals surface area contributed by atoms with Gasteiger partial charge in [-0.25, -0.2) is 4.79 Å². The summed E-state index contributed by atoms with van der Waals surface area (Å²) < 4.78 is 10.8. The zero-order valence-corrected chi connectivity index (χ0v) is 14.2. The second-order valence-corrected chi connectivity index (χ2v) is 7.30. The van der Waals surface area contributed by atoms with Gasteiger partial charge in [-0.2, -0.15) is 0 Å². The number of urea groups is 1. The van der Waals surface area contributed by atoms with Crippen LogP contribution in [-0.2, 0) is 5.41 Å². The Bertz CT molecular complexity index is 586. The van der Waals surface area contributed by atoms with Crippen LogP contribution in [0.4, 0.5) is 4.79 Å². The van der Waals surface area contributed by atoms with Gasteiger partial charge < -0.3 is 19.7 Å². The van der Waals surface area contributed by atoms with E-state index in [0.717, 1.165) is 36.6 Å². The number of hydrogen-bond donors (Lipinski definition) is 1. The second kappa shape index (κ2) is 6.30. The highest BCUT2D eigenvalue weighted by atomic mass is 16.7. The molecule has 126 valence electrons. The van der Waals surface area contributed by atoms with Crippen LogP contribution < -0.4 is 14.8 Å². The number of nitrogens with one attached hydrogen (secondary N) is 1. The first-order valence-electron chi connectivity index (χ1n) is 8.38. The Kier molecular flexibility index (Phi) is 4.37. The third kappa shape index (κ3) is 3.54. The molecule has 1 unspecified atom stereocenters. The number of fused-ring (bicyclic) bond motifs is 1. The summed E-state index contributed by atoms with van der Waals surface area (Å²) in [4.78, 5) is 14.3. The van der Waals surface area contributed by atoms with Gasteiger partial charge in [0.25, 0.3) is 0 Å². The van der Waals surface area contributed by atoms with Crippen molar-refractivity contribution in [1.82, 2.24) is 10.2 Å². The molecule has 0 spiro atoms. The van der Waals surface area contributed by atoms with Crippen molar-refractivity contribution in [3.05, 3.63) is 23.8 Å². The van der Waals surface area contributed by atoms with Crippen molar-refractivity contribution >= 4 is 6.03 Å². The van der Waals surface area contributed by atoms with Crippen LogP contribution in [0.1, 0.15) is 39.2 Å². The average Bonchev–Trinajstić information content (AvgIpc) is 3.00. The molecule has 5 heteroatoms. The fraction of sp³-hybridized carbons (Fsp3) is 0.611. The lowest BCUT2D eigenvalue weighted by Crippen LogP contribution is -2.48. The number of amides is 2. The highest BCUT2D eigenvalue weighted by Gasteiger charge is 2.26. The van der Waals surface area contributed by atoms with Crippen LogP contribution in [0.25, 0.3) is 0 Å². The first kappa shape index (κ1) is 16.0. The van der Waals surface area contributed by atoms with E-state index in [1.54, 1.807) is 0 Å². The lowest BCUT2D eigenvalue weighted by Gasteiger charge is -2.33. The van der Waals surface area contributed by atoms with Crippen LogP contribution in [0.2, 0.25) is 0 Å². The first-order valence-corrected chi connectivity index (χ1v) is 8.38. The molecular formula is C18H26N2O3. The van der Waals surface area contributed by atoms with Gasteiger partial charge in [0.2, 0.25) is 6.79 Å². The fourth-order valence-corrected chi connectivity index (χ4v) is 3.20. The van der Waals surface area contributed by atoms with E-state index in [0.29, 0.717) is 12.5 Å². The number of piperidine rings is 1. The molecule has 1 N–H and O–H groups in total. The molecule has 1 fully saturated rings. The van der Waals surface area contributed by atoms with Crippen molar-refractivity contribution in [3.63, 3.8) is 0 Å². The monoisotopic (exact) mass is 318 g/mol. The minimum atomic E-state index is -0.169. The van der Waals surface area contributed by atoms with E-state index < -0.39 is 0 Å². The normalized spacial score (nSPS) is 20.5. The van der Waals surface area contributed by atoms with Crippen molar-refractivity contribution < 1.29 is 14.3 Å². The van der Waals surface area contributed by atoms with E-state index in [1.807, 2.05) is 23.1 Å². The molecule has 1 aromatic rings. The van der Waals surface area contributed by atoms with Crippen LogP contribution in [0.3, 0.4) is 0 Å². The van der Waals surface area contributed by atoms with Crippen molar-refractivity contribution in [2.24, 2.45) is 5.92 Å². The molecule has 1 atom stereocenters. The molecule has 2 amide bonds. The topological polar surface area (TPSA) is 50.8 Å². The zero-order chi connectivity index (χ0) is 16.4. The number of benzene rings is 1. The maximum Gasteiger partial charge on any atom is 0.317 e. The lowest BCUT2D eigenvalue weighted by molar-refractivity contribution is 0.168. The predicted octanol–water partition coefficient (Wildman–Crippen LogP) is 3.13. The van der Waals surface area contributed by atoms with E-state index in [-0.39, 0.29) is 18.2 Å². The quantitative estimate of drug-likeness (QED) is 0.931. The van der Waals surface area contributed by atoms with Crippen molar-refractivity contribution in [2.45, 2.75) is 39.0 Å². The average molecular weight is 318 g/mol. The van der Waals surface area contributed by atoms with E-state index in [2.05, 4.69) is 26.1 Å². The number of carbonyl (C=O) groups excluding carboxylic acids is 1. The molecule has 0 saturated carbocycles. The molecule has 2 aliphatic rings. The zero-order valence-electron chi connectivity index (χ0n) is 14.2. The van der Waals surface area contributed by atoms with Gasteiger partial charge in [-0.05, 0) is 36.5 Å². The van der Waals surface area contributed by atoms with Gasteiger partial charge in [-0.3, -0.25) is 0 Å². The molecule has 0 bridgehead atoms. The minimum absolute atomic E-state index is 0.0466. The molecular weight excluding hydrogens is 292 g/mol. The largest absolute Gasteiger partial charge is 0.454 e. The van der Waals surface area contributed by atoms with Gasteiger partial charge in [0.1, 0.15) is 0 Å². The van der Waals surface area contributed by atoms with Crippen molar-refractivity contribution in [3.8, 4) is 11.5 Å². The molecule has 1 saturated heterocycles. The Labute approximate surface area is 137 Å². The van der Waals surface area contributed by atoms with E-state index >= 15 is 0 Å². The minimum Gasteiger partial charge on any atom is -0.454 e. The Hall–Kier alpha value is -1.91. The Morgan fingerprint density at radius 3 is 2.91 bits per heavy atom. The van der Waals surface area contributed by atoms with Gasteiger partial charge in [0.05, 0.1) is 0 Å². The third-order valence-electron chi connectivity index (χ3n) is 4.78. The summed E-state index contributed by atoms with van der Waals surface area (Å²) >= 11 is 0. The first-order chi connectivity index (χ1) is 11.0. The van der Waals surface area contributed by atoms with Crippen LogP contribution in [-0.4, -0.2) is 37.4 Å². The Balaban J connectivity index is 1.61. The molecule has 3 rings (SSSR count). The fourth-order valence-electron chi connectivity index (χ4n) is 3.20. The Morgan fingerprint density at radius 2 is 2.13 bits per heavy atom. The Morgan fingerprint density at radius 1 is 1.35 bits per heavy atom. The summed E-state index contributed by atoms with van der Waals surface area (Å²) in [5, 5.41) is 3.09. The number of nitrogens with zero attached hydrogens (tertiary/aromatic N) is 1. The highest BCUT2D eigenvalue weighted by Crippen LogP contribution is 2.36. The molecule has 0 radical (unpaired) electrons. The predicted molar refractivity (Wildman–Crippen MR) is 89.0 cm³/mol. The van der Waals surface area contributed by atoms with Crippen LogP contribution >= 0.6 is 0 Å². The van der Waals surface area contributed by atoms with Crippen LogP contribution in [0.5, 0.6) is 11.5 Å². The number of carbonyl (C=O) groups is 1. The number of hydrogen-bond acceptors (Lipinski definition) is 3. The maximum absolute atomic E-state index is 12.4. The van der Waals surface area contributed by atoms with E-state index in [1.165, 1.54) is 6.42 Å². The SMILES string of the molecule is CC1CCCN(C(=O)NCC(C)(C)c2ccc3c(c2)OCO3)C1. The lowest BCUT2D eigenvalue weighted by atomic mass is 9.84. The number of rotatable bonds is 3. The van der Waals surface area contributed by atoms with Crippen molar-refractivity contribution in [2.75, 3.05) is 26.4 Å². The number of likely N-dealkylation sites (tertiary alicyclic amines) is 1. The standard InChI is InChI=1S/C18H26N2O3/c1-13-5-4-8-20(10-13)17(21)19-11-18(2,3)14-6-7-15-16(9-14)23-12-22-15/h6-7,9,13H,4-5,8,10-12H2,1-3H3,(H,19,21). The van der Waals surface area contributed by atoms with Gasteiger partial charge in [0.15, 0.2) is 11.5 Å². The van der Waals surface area contributed by atoms with Crippen molar-refractivity contribution in [1.29, 1.82) is 0 Å². The summed E-state index contributed by atoms with van der Waals surface area (Å²) in [6.07, 6.45) is 2.31. The molecule has 1 aromatic carbocycles. The van der Waals surface area contributed by atoms with Gasteiger partial charge in [0, 0.05) is 25.0 Å². The molecule has 2 aliphatic heterocycles. The maximum atomic E-state index is 12.4. The summed E-state index contributed by atoms with van der Waals surface area (Å²) in [7, 11) is 0.